The topological polar surface area (TPSA) is 76.4 Å². The number of benzene rings is 1. The van der Waals surface area contributed by atoms with E-state index in [1.54, 1.807) is 31.3 Å². The summed E-state index contributed by atoms with van der Waals surface area (Å²) in [4.78, 5) is 12.2. The molecule has 0 saturated heterocycles. The molecule has 1 unspecified atom stereocenters. The third-order valence-electron chi connectivity index (χ3n) is 3.36. The number of hydrogen-bond acceptors (Lipinski definition) is 4. The largest absolute Gasteiger partial charge is 0.493 e. The Balaban J connectivity index is 2.28. The second-order valence-electron chi connectivity index (χ2n) is 4.40. The Labute approximate surface area is 109 Å². The molecule has 0 spiro atoms. The van der Waals surface area contributed by atoms with Crippen LogP contribution in [0.25, 0.3) is 0 Å². The van der Waals surface area contributed by atoms with Gasteiger partial charge in [0.2, 0.25) is 5.60 Å². The number of carbonyl (C=O) groups excluding carboxylic acids is 1. The number of ether oxygens (including phenoxy) is 1. The third-order valence-corrected chi connectivity index (χ3v) is 3.36. The lowest BCUT2D eigenvalue weighted by Crippen LogP contribution is -2.37. The first kappa shape index (κ1) is 11.7. The summed E-state index contributed by atoms with van der Waals surface area (Å²) >= 11 is 0. The maximum atomic E-state index is 12.2. The number of anilines is 1. The Hall–Kier alpha value is -2.34. The van der Waals surface area contributed by atoms with Crippen LogP contribution in [0.3, 0.4) is 0 Å². The van der Waals surface area contributed by atoms with Crippen molar-refractivity contribution in [2.75, 3.05) is 12.4 Å². The smallest absolute Gasteiger partial charge is 0.267 e. The zero-order chi connectivity index (χ0) is 13.6. The zero-order valence-corrected chi connectivity index (χ0v) is 10.5. The molecule has 0 radical (unpaired) electrons. The predicted molar refractivity (Wildman–Crippen MR) is 67.8 cm³/mol. The molecular formula is C13H13N3O3. The highest BCUT2D eigenvalue weighted by atomic mass is 16.5. The highest BCUT2D eigenvalue weighted by Crippen LogP contribution is 2.43. The first-order chi connectivity index (χ1) is 9.09. The van der Waals surface area contributed by atoms with Crippen LogP contribution >= 0.6 is 0 Å². The van der Waals surface area contributed by atoms with Crippen LogP contribution in [0, 0.1) is 0 Å². The number of para-hydroxylation sites is 1. The SMILES string of the molecule is COc1cnn(C)c1C1(O)C(=O)Nc2ccccc21. The molecule has 2 heterocycles. The van der Waals surface area contributed by atoms with E-state index in [2.05, 4.69) is 10.4 Å². The van der Waals surface area contributed by atoms with Crippen molar-refractivity contribution in [2.24, 2.45) is 7.05 Å². The molecule has 1 amide bonds. The summed E-state index contributed by atoms with van der Waals surface area (Å²) in [6.07, 6.45) is 1.47. The van der Waals surface area contributed by atoms with Crippen molar-refractivity contribution in [1.29, 1.82) is 0 Å². The van der Waals surface area contributed by atoms with Crippen molar-refractivity contribution < 1.29 is 14.6 Å². The second-order valence-corrected chi connectivity index (χ2v) is 4.40. The lowest BCUT2D eigenvalue weighted by atomic mass is 9.91. The molecule has 6 heteroatoms. The summed E-state index contributed by atoms with van der Waals surface area (Å²) in [5.74, 6) is -0.132. The Morgan fingerprint density at radius 3 is 2.89 bits per heavy atom. The van der Waals surface area contributed by atoms with Crippen LogP contribution in [0.15, 0.2) is 30.5 Å². The Kier molecular flexibility index (Phi) is 2.36. The van der Waals surface area contributed by atoms with Crippen LogP contribution in [0.1, 0.15) is 11.3 Å². The Morgan fingerprint density at radius 2 is 2.16 bits per heavy atom. The minimum Gasteiger partial charge on any atom is -0.493 e. The van der Waals surface area contributed by atoms with E-state index in [1.165, 1.54) is 18.0 Å². The van der Waals surface area contributed by atoms with E-state index in [0.29, 0.717) is 22.7 Å². The number of aliphatic hydroxyl groups is 1. The van der Waals surface area contributed by atoms with E-state index in [4.69, 9.17) is 4.74 Å². The molecule has 0 bridgehead atoms. The number of nitrogens with one attached hydrogen (secondary N) is 1. The summed E-state index contributed by atoms with van der Waals surface area (Å²) in [7, 11) is 3.13. The molecule has 0 aliphatic carbocycles. The van der Waals surface area contributed by atoms with Crippen LogP contribution in [0.5, 0.6) is 5.75 Å². The summed E-state index contributed by atoms with van der Waals surface area (Å²) in [5, 5.41) is 17.6. The third kappa shape index (κ3) is 1.40. The molecule has 1 atom stereocenters. The van der Waals surface area contributed by atoms with Gasteiger partial charge in [-0.25, -0.2) is 0 Å². The van der Waals surface area contributed by atoms with Crippen LogP contribution in [-0.2, 0) is 17.4 Å². The van der Waals surface area contributed by atoms with Crippen molar-refractivity contribution in [3.63, 3.8) is 0 Å². The van der Waals surface area contributed by atoms with Crippen molar-refractivity contribution in [3.05, 3.63) is 41.7 Å². The average Bonchev–Trinajstić information content (AvgIpc) is 2.90. The number of aryl methyl sites for hydroxylation is 1. The van der Waals surface area contributed by atoms with Gasteiger partial charge in [-0.15, -0.1) is 0 Å². The average molecular weight is 259 g/mol. The standard InChI is InChI=1S/C13H13N3O3/c1-16-11(10(19-2)7-14-16)13(18)8-5-3-4-6-9(8)15-12(13)17/h3-7,18H,1-2H3,(H,15,17). The van der Waals surface area contributed by atoms with Gasteiger partial charge in [-0.3, -0.25) is 9.48 Å². The molecule has 0 saturated carbocycles. The van der Waals surface area contributed by atoms with Crippen molar-refractivity contribution in [3.8, 4) is 5.75 Å². The van der Waals surface area contributed by atoms with Gasteiger partial charge in [0.25, 0.3) is 5.91 Å². The molecule has 6 nitrogen and oxygen atoms in total. The predicted octanol–water partition coefficient (Wildman–Crippen LogP) is 0.617. The summed E-state index contributed by atoms with van der Waals surface area (Å²) in [5.41, 5.74) is -0.370. The number of hydrogen-bond donors (Lipinski definition) is 2. The molecule has 1 aliphatic heterocycles. The zero-order valence-electron chi connectivity index (χ0n) is 10.5. The first-order valence-corrected chi connectivity index (χ1v) is 5.79. The van der Waals surface area contributed by atoms with E-state index in [9.17, 15) is 9.90 Å². The van der Waals surface area contributed by atoms with E-state index in [0.717, 1.165) is 0 Å². The van der Waals surface area contributed by atoms with Crippen LogP contribution < -0.4 is 10.1 Å². The number of nitrogens with zero attached hydrogens (tertiary/aromatic N) is 2. The molecule has 1 aromatic carbocycles. The van der Waals surface area contributed by atoms with E-state index < -0.39 is 11.5 Å². The quantitative estimate of drug-likeness (QED) is 0.828. The monoisotopic (exact) mass is 259 g/mol. The maximum Gasteiger partial charge on any atom is 0.267 e. The van der Waals surface area contributed by atoms with Crippen LogP contribution in [0.4, 0.5) is 5.69 Å². The molecule has 2 N–H and O–H groups in total. The van der Waals surface area contributed by atoms with Crippen LogP contribution in [-0.4, -0.2) is 27.9 Å². The van der Waals surface area contributed by atoms with E-state index in [-0.39, 0.29) is 0 Å². The fourth-order valence-electron chi connectivity index (χ4n) is 2.46. The highest BCUT2D eigenvalue weighted by molar-refractivity contribution is 6.07. The normalized spacial score (nSPS) is 21.1. The Bertz CT molecular complexity index is 665. The lowest BCUT2D eigenvalue weighted by Gasteiger charge is -2.22. The first-order valence-electron chi connectivity index (χ1n) is 5.79. The summed E-state index contributed by atoms with van der Waals surface area (Å²) in [6, 6.07) is 7.02. The van der Waals surface area contributed by atoms with Gasteiger partial charge in [0, 0.05) is 18.3 Å². The summed E-state index contributed by atoms with van der Waals surface area (Å²) in [6.45, 7) is 0. The van der Waals surface area contributed by atoms with Gasteiger partial charge in [-0.05, 0) is 6.07 Å². The van der Waals surface area contributed by atoms with E-state index in [1.807, 2.05) is 0 Å². The second kappa shape index (κ2) is 3.83. The Morgan fingerprint density at radius 1 is 1.42 bits per heavy atom. The number of amides is 1. The molecule has 1 aliphatic rings. The minimum atomic E-state index is -1.78. The summed E-state index contributed by atoms with van der Waals surface area (Å²) < 4.78 is 6.63. The van der Waals surface area contributed by atoms with Gasteiger partial charge >= 0.3 is 0 Å². The van der Waals surface area contributed by atoms with Crippen LogP contribution in [0.2, 0.25) is 0 Å². The lowest BCUT2D eigenvalue weighted by molar-refractivity contribution is -0.130. The molecule has 3 rings (SSSR count). The molecule has 0 fully saturated rings. The van der Waals surface area contributed by atoms with E-state index >= 15 is 0 Å². The maximum absolute atomic E-state index is 12.2. The number of carbonyl (C=O) groups is 1. The fourth-order valence-corrected chi connectivity index (χ4v) is 2.46. The molecular weight excluding hydrogens is 246 g/mol. The van der Waals surface area contributed by atoms with Gasteiger partial charge in [-0.1, -0.05) is 18.2 Å². The highest BCUT2D eigenvalue weighted by Gasteiger charge is 2.50. The molecule has 1 aromatic heterocycles. The number of methoxy groups -OCH3 is 1. The van der Waals surface area contributed by atoms with Crippen molar-refractivity contribution in [1.82, 2.24) is 9.78 Å². The molecule has 19 heavy (non-hydrogen) atoms. The number of rotatable bonds is 2. The molecule has 2 aromatic rings. The minimum absolute atomic E-state index is 0.317. The molecule has 98 valence electrons. The van der Waals surface area contributed by atoms with Gasteiger partial charge < -0.3 is 15.2 Å². The van der Waals surface area contributed by atoms with Gasteiger partial charge in [0.15, 0.2) is 5.75 Å². The van der Waals surface area contributed by atoms with Gasteiger partial charge in [0.05, 0.1) is 13.3 Å². The fraction of sp³-hybridized carbons (Fsp3) is 0.231. The van der Waals surface area contributed by atoms with Crippen molar-refractivity contribution in [2.45, 2.75) is 5.60 Å². The van der Waals surface area contributed by atoms with Crippen molar-refractivity contribution >= 4 is 11.6 Å². The number of fused-ring (bicyclic) bond motifs is 1. The number of aromatic nitrogens is 2. The van der Waals surface area contributed by atoms with Gasteiger partial charge in [-0.2, -0.15) is 5.10 Å². The van der Waals surface area contributed by atoms with Gasteiger partial charge in [0.1, 0.15) is 5.69 Å².